The maximum Gasteiger partial charge on any atom is 0.261 e. The molecule has 1 aromatic heterocycles. The number of oxazole rings is 1. The molecule has 1 heterocycles. The molecule has 0 aliphatic carbocycles. The third kappa shape index (κ3) is 2.50. The monoisotopic (exact) mass is 253 g/mol. The topological polar surface area (TPSA) is 46.3 Å². The fraction of sp³-hybridized carbons (Fsp3) is 0.250. The number of aryl methyl sites for hydroxylation is 2. The van der Waals surface area contributed by atoms with Crippen molar-refractivity contribution in [2.24, 2.45) is 0 Å². The molecule has 1 aromatic carbocycles. The summed E-state index contributed by atoms with van der Waals surface area (Å²) in [5.74, 6) is 0.337. The number of aliphatic hydroxyl groups is 1. The quantitative estimate of drug-likeness (QED) is 0.913. The number of benzene rings is 1. The summed E-state index contributed by atoms with van der Waals surface area (Å²) < 4.78 is 19.0. The lowest BCUT2D eigenvalue weighted by atomic mass is 10.2. The van der Waals surface area contributed by atoms with Gasteiger partial charge in [0.15, 0.2) is 0 Å². The van der Waals surface area contributed by atoms with E-state index >= 15 is 0 Å². The number of rotatable bonds is 3. The summed E-state index contributed by atoms with van der Waals surface area (Å²) in [6.45, 7) is 3.43. The fourth-order valence-electron chi connectivity index (χ4n) is 1.37. The molecule has 2 aromatic rings. The molecule has 0 saturated heterocycles. The van der Waals surface area contributed by atoms with E-state index < -0.39 is 0 Å². The third-order valence-electron chi connectivity index (χ3n) is 2.42. The summed E-state index contributed by atoms with van der Waals surface area (Å²) in [5, 5.41) is 9.54. The van der Waals surface area contributed by atoms with Crippen LogP contribution in [-0.4, -0.2) is 10.1 Å². The Labute approximate surface area is 103 Å². The number of halogens is 1. The zero-order valence-corrected chi connectivity index (χ0v) is 10.3. The number of aromatic nitrogens is 1. The lowest BCUT2D eigenvalue weighted by Crippen LogP contribution is -1.91. The van der Waals surface area contributed by atoms with Crippen molar-refractivity contribution in [2.75, 3.05) is 0 Å². The smallest absolute Gasteiger partial charge is 0.261 e. The van der Waals surface area contributed by atoms with Crippen LogP contribution in [0.5, 0.6) is 0 Å². The van der Waals surface area contributed by atoms with Crippen LogP contribution in [0.4, 0.5) is 4.39 Å². The van der Waals surface area contributed by atoms with Gasteiger partial charge in [0.25, 0.3) is 5.22 Å². The van der Waals surface area contributed by atoms with Crippen LogP contribution in [0.2, 0.25) is 0 Å². The van der Waals surface area contributed by atoms with E-state index in [1.807, 2.05) is 6.92 Å². The molecule has 3 nitrogen and oxygen atoms in total. The van der Waals surface area contributed by atoms with E-state index in [1.54, 1.807) is 19.1 Å². The van der Waals surface area contributed by atoms with Crippen LogP contribution in [0.25, 0.3) is 0 Å². The van der Waals surface area contributed by atoms with Crippen molar-refractivity contribution >= 4 is 11.8 Å². The Morgan fingerprint density at radius 3 is 2.76 bits per heavy atom. The molecule has 0 radical (unpaired) electrons. The Bertz CT molecular complexity index is 520. The van der Waals surface area contributed by atoms with Crippen molar-refractivity contribution in [1.82, 2.24) is 4.98 Å². The Morgan fingerprint density at radius 1 is 1.41 bits per heavy atom. The van der Waals surface area contributed by atoms with Gasteiger partial charge in [-0.1, -0.05) is 12.1 Å². The van der Waals surface area contributed by atoms with Crippen molar-refractivity contribution in [1.29, 1.82) is 0 Å². The van der Waals surface area contributed by atoms with Gasteiger partial charge >= 0.3 is 0 Å². The standard InChI is InChI=1S/C12H12FNO2S/c1-7-8(2)16-12(14-7)17-11-9(6-15)4-3-5-10(11)13/h3-5,15H,6H2,1-2H3. The maximum atomic E-state index is 13.6. The molecular weight excluding hydrogens is 241 g/mol. The predicted molar refractivity (Wildman–Crippen MR) is 62.4 cm³/mol. The van der Waals surface area contributed by atoms with Gasteiger partial charge < -0.3 is 9.52 Å². The van der Waals surface area contributed by atoms with Gasteiger partial charge in [0.05, 0.1) is 17.2 Å². The van der Waals surface area contributed by atoms with E-state index in [4.69, 9.17) is 9.52 Å². The third-order valence-corrected chi connectivity index (χ3v) is 3.43. The lowest BCUT2D eigenvalue weighted by molar-refractivity contribution is 0.277. The van der Waals surface area contributed by atoms with E-state index in [9.17, 15) is 4.39 Å². The highest BCUT2D eigenvalue weighted by molar-refractivity contribution is 7.99. The molecule has 0 fully saturated rings. The second-order valence-electron chi connectivity index (χ2n) is 3.61. The number of hydrogen-bond donors (Lipinski definition) is 1. The molecule has 0 unspecified atom stereocenters. The van der Waals surface area contributed by atoms with Gasteiger partial charge in [0.1, 0.15) is 11.6 Å². The Hall–Kier alpha value is -1.33. The van der Waals surface area contributed by atoms with Crippen LogP contribution >= 0.6 is 11.8 Å². The molecule has 17 heavy (non-hydrogen) atoms. The van der Waals surface area contributed by atoms with Crippen molar-refractivity contribution in [3.05, 3.63) is 41.0 Å². The molecule has 0 bridgehead atoms. The summed E-state index contributed by atoms with van der Waals surface area (Å²) >= 11 is 1.09. The van der Waals surface area contributed by atoms with Crippen LogP contribution in [-0.2, 0) is 6.61 Å². The molecule has 90 valence electrons. The molecular formula is C12H12FNO2S. The minimum Gasteiger partial charge on any atom is -0.436 e. The van der Waals surface area contributed by atoms with Crippen LogP contribution < -0.4 is 0 Å². The Kier molecular flexibility index (Phi) is 3.49. The first-order valence-electron chi connectivity index (χ1n) is 5.12. The minimum absolute atomic E-state index is 0.210. The van der Waals surface area contributed by atoms with Crippen LogP contribution in [0.3, 0.4) is 0 Å². The summed E-state index contributed by atoms with van der Waals surface area (Å²) in [4.78, 5) is 4.53. The number of nitrogens with zero attached hydrogens (tertiary/aromatic N) is 1. The van der Waals surface area contributed by atoms with Crippen LogP contribution in [0.1, 0.15) is 17.0 Å². The maximum absolute atomic E-state index is 13.6. The van der Waals surface area contributed by atoms with Crippen molar-refractivity contribution in [3.8, 4) is 0 Å². The summed E-state index contributed by atoms with van der Waals surface area (Å²) in [7, 11) is 0. The average molecular weight is 253 g/mol. The van der Waals surface area contributed by atoms with Crippen molar-refractivity contribution in [3.63, 3.8) is 0 Å². The van der Waals surface area contributed by atoms with Gasteiger partial charge in [-0.2, -0.15) is 0 Å². The van der Waals surface area contributed by atoms with Gasteiger partial charge in [0.2, 0.25) is 0 Å². The second kappa shape index (κ2) is 4.89. The van der Waals surface area contributed by atoms with E-state index in [1.165, 1.54) is 6.07 Å². The molecule has 2 rings (SSSR count). The van der Waals surface area contributed by atoms with E-state index in [0.29, 0.717) is 15.7 Å². The van der Waals surface area contributed by atoms with E-state index in [-0.39, 0.29) is 12.4 Å². The highest BCUT2D eigenvalue weighted by atomic mass is 32.2. The molecule has 1 N–H and O–H groups in total. The van der Waals surface area contributed by atoms with Crippen LogP contribution in [0, 0.1) is 19.7 Å². The fourth-order valence-corrected chi connectivity index (χ4v) is 2.32. The lowest BCUT2D eigenvalue weighted by Gasteiger charge is -2.05. The average Bonchev–Trinajstić information content (AvgIpc) is 2.61. The molecule has 0 atom stereocenters. The summed E-state index contributed by atoms with van der Waals surface area (Å²) in [5.41, 5.74) is 1.32. The van der Waals surface area contributed by atoms with Gasteiger partial charge in [-0.05, 0) is 37.2 Å². The van der Waals surface area contributed by atoms with Crippen molar-refractivity contribution in [2.45, 2.75) is 30.6 Å². The Balaban J connectivity index is 2.35. The largest absolute Gasteiger partial charge is 0.436 e. The van der Waals surface area contributed by atoms with E-state index in [0.717, 1.165) is 23.2 Å². The molecule has 5 heteroatoms. The normalized spacial score (nSPS) is 10.8. The highest BCUT2D eigenvalue weighted by Crippen LogP contribution is 2.33. The van der Waals surface area contributed by atoms with Crippen LogP contribution in [0.15, 0.2) is 32.7 Å². The highest BCUT2D eigenvalue weighted by Gasteiger charge is 2.14. The zero-order valence-electron chi connectivity index (χ0n) is 9.53. The first-order chi connectivity index (χ1) is 8.11. The molecule has 0 aliphatic rings. The zero-order chi connectivity index (χ0) is 12.4. The van der Waals surface area contributed by atoms with Gasteiger partial charge in [0, 0.05) is 0 Å². The first-order valence-corrected chi connectivity index (χ1v) is 5.93. The molecule has 0 spiro atoms. The number of aliphatic hydroxyl groups excluding tert-OH is 1. The second-order valence-corrected chi connectivity index (χ2v) is 4.57. The molecule has 0 saturated carbocycles. The molecule has 0 aliphatic heterocycles. The first kappa shape index (κ1) is 12.1. The van der Waals surface area contributed by atoms with Gasteiger partial charge in [-0.3, -0.25) is 0 Å². The summed E-state index contributed by atoms with van der Waals surface area (Å²) in [6, 6.07) is 4.59. The predicted octanol–water partition coefficient (Wildman–Crippen LogP) is 3.07. The van der Waals surface area contributed by atoms with Gasteiger partial charge in [-0.15, -0.1) is 0 Å². The Morgan fingerprint density at radius 2 is 2.18 bits per heavy atom. The van der Waals surface area contributed by atoms with Crippen molar-refractivity contribution < 1.29 is 13.9 Å². The minimum atomic E-state index is -0.380. The van der Waals surface area contributed by atoms with Gasteiger partial charge in [-0.25, -0.2) is 9.37 Å². The summed E-state index contributed by atoms with van der Waals surface area (Å²) in [6.07, 6.45) is 0. The SMILES string of the molecule is Cc1nc(Sc2c(F)cccc2CO)oc1C. The molecule has 0 amide bonds. The number of hydrogen-bond acceptors (Lipinski definition) is 4. The van der Waals surface area contributed by atoms with E-state index in [2.05, 4.69) is 4.98 Å².